The predicted octanol–water partition coefficient (Wildman–Crippen LogP) is 7.86. The maximum atomic E-state index is 13.7. The highest BCUT2D eigenvalue weighted by molar-refractivity contribution is 9.10. The van der Waals surface area contributed by atoms with Crippen molar-refractivity contribution in [1.29, 1.82) is 0 Å². The van der Waals surface area contributed by atoms with Gasteiger partial charge in [0.1, 0.15) is 0 Å². The first-order valence-corrected chi connectivity index (χ1v) is 17.6. The average molecular weight is 650 g/mol. The first-order valence-electron chi connectivity index (χ1n) is 14.9. The zero-order valence-corrected chi connectivity index (χ0v) is 27.5. The normalized spacial score (nSPS) is 18.4. The molecule has 2 atom stereocenters. The lowest BCUT2D eigenvalue weighted by atomic mass is 9.89. The summed E-state index contributed by atoms with van der Waals surface area (Å²) in [4.78, 5) is 18.3. The first-order chi connectivity index (χ1) is 20.7. The van der Waals surface area contributed by atoms with Crippen molar-refractivity contribution in [3.63, 3.8) is 0 Å². The fraction of sp³-hybridized carbons (Fsp3) is 0.243. The summed E-state index contributed by atoms with van der Waals surface area (Å²) < 4.78 is 8.36. The zero-order chi connectivity index (χ0) is 30.1. The van der Waals surface area contributed by atoms with E-state index in [0.717, 1.165) is 27.5 Å². The number of carbonyl (C=O) groups excluding carboxylic acids is 1. The van der Waals surface area contributed by atoms with Gasteiger partial charge in [-0.2, -0.15) is 0 Å². The van der Waals surface area contributed by atoms with Crippen molar-refractivity contribution in [3.05, 3.63) is 131 Å². The van der Waals surface area contributed by atoms with E-state index in [2.05, 4.69) is 132 Å². The van der Waals surface area contributed by atoms with Gasteiger partial charge in [-0.15, -0.1) is 0 Å². The summed E-state index contributed by atoms with van der Waals surface area (Å²) in [7, 11) is -2.69. The number of rotatable bonds is 9. The standard InChI is InChI=1S/C37H37BrN2O2Si/c1-36(2,3)43(31-14-6-4-7-15-31,32-16-8-5-9-17-32)42-26-29-24-37(29,28-19-21-30(38)22-20-28)25-34(41)40-33-18-10-12-27-13-11-23-39-35(27)33/h4-23,29H,24-26H2,1-3H3,(H,40,41)/t29-,37+/m0/s1. The minimum absolute atomic E-state index is 0.00554. The van der Waals surface area contributed by atoms with E-state index in [1.54, 1.807) is 6.20 Å². The fourth-order valence-corrected chi connectivity index (χ4v) is 11.6. The Morgan fingerprint density at radius 3 is 2.14 bits per heavy atom. The fourth-order valence-electron chi connectivity index (χ4n) is 6.73. The summed E-state index contributed by atoms with van der Waals surface area (Å²) in [5, 5.41) is 6.62. The Morgan fingerprint density at radius 2 is 1.51 bits per heavy atom. The average Bonchev–Trinajstić information content (AvgIpc) is 3.71. The molecule has 0 bridgehead atoms. The highest BCUT2D eigenvalue weighted by Gasteiger charge is 2.58. The van der Waals surface area contributed by atoms with Crippen LogP contribution in [0.15, 0.2) is 126 Å². The number of carbonyl (C=O) groups is 1. The molecule has 4 aromatic carbocycles. The van der Waals surface area contributed by atoms with Gasteiger partial charge >= 0.3 is 0 Å². The van der Waals surface area contributed by atoms with Gasteiger partial charge in [-0.3, -0.25) is 9.78 Å². The van der Waals surface area contributed by atoms with E-state index in [0.29, 0.717) is 13.0 Å². The third kappa shape index (κ3) is 5.72. The molecule has 1 fully saturated rings. The van der Waals surface area contributed by atoms with Crippen LogP contribution in [0.2, 0.25) is 5.04 Å². The van der Waals surface area contributed by atoms with Gasteiger partial charge in [0.2, 0.25) is 5.91 Å². The van der Waals surface area contributed by atoms with Gasteiger partial charge in [0, 0.05) is 34.5 Å². The molecule has 1 saturated carbocycles. The van der Waals surface area contributed by atoms with Crippen LogP contribution in [-0.2, 0) is 14.6 Å². The van der Waals surface area contributed by atoms with E-state index >= 15 is 0 Å². The highest BCUT2D eigenvalue weighted by atomic mass is 79.9. The van der Waals surface area contributed by atoms with Crippen molar-refractivity contribution in [2.45, 2.75) is 44.1 Å². The third-order valence-electron chi connectivity index (χ3n) is 8.95. The number of pyridine rings is 1. The van der Waals surface area contributed by atoms with Crippen LogP contribution in [0.5, 0.6) is 0 Å². The molecule has 218 valence electrons. The van der Waals surface area contributed by atoms with E-state index in [1.807, 2.05) is 30.3 Å². The van der Waals surface area contributed by atoms with Crippen LogP contribution in [0.4, 0.5) is 5.69 Å². The number of hydrogen-bond donors (Lipinski definition) is 1. The monoisotopic (exact) mass is 648 g/mol. The van der Waals surface area contributed by atoms with E-state index in [4.69, 9.17) is 4.43 Å². The Hall–Kier alpha value is -3.58. The maximum Gasteiger partial charge on any atom is 0.261 e. The summed E-state index contributed by atoms with van der Waals surface area (Å²) in [5.41, 5.74) is 2.43. The minimum atomic E-state index is -2.69. The quantitative estimate of drug-likeness (QED) is 0.166. The molecule has 1 N–H and O–H groups in total. The van der Waals surface area contributed by atoms with E-state index in [9.17, 15) is 4.79 Å². The lowest BCUT2D eigenvalue weighted by molar-refractivity contribution is -0.116. The molecule has 43 heavy (non-hydrogen) atoms. The zero-order valence-electron chi connectivity index (χ0n) is 24.9. The van der Waals surface area contributed by atoms with Gasteiger partial charge in [-0.05, 0) is 57.6 Å². The Morgan fingerprint density at radius 1 is 0.884 bits per heavy atom. The molecule has 0 radical (unpaired) electrons. The van der Waals surface area contributed by atoms with E-state index < -0.39 is 8.32 Å². The van der Waals surface area contributed by atoms with Gasteiger partial charge < -0.3 is 9.74 Å². The SMILES string of the molecule is CC(C)(C)[Si](OC[C@@H]1C[C@@]1(CC(=O)Nc1cccc2cccnc12)c1ccc(Br)cc1)(c1ccccc1)c1ccccc1. The van der Waals surface area contributed by atoms with Crippen LogP contribution in [0.3, 0.4) is 0 Å². The molecular formula is C37H37BrN2O2Si. The molecule has 0 unspecified atom stereocenters. The second kappa shape index (κ2) is 11.8. The summed E-state index contributed by atoms with van der Waals surface area (Å²) in [5.74, 6) is 0.209. The van der Waals surface area contributed by atoms with Crippen molar-refractivity contribution in [1.82, 2.24) is 4.98 Å². The van der Waals surface area contributed by atoms with Gasteiger partial charge in [0.25, 0.3) is 8.32 Å². The topological polar surface area (TPSA) is 51.2 Å². The molecule has 0 spiro atoms. The number of benzene rings is 4. The molecule has 4 nitrogen and oxygen atoms in total. The number of anilines is 1. The minimum Gasteiger partial charge on any atom is -0.407 e. The van der Waals surface area contributed by atoms with Crippen LogP contribution in [0, 0.1) is 5.92 Å². The Kier molecular flexibility index (Phi) is 8.11. The molecule has 0 saturated heterocycles. The molecule has 5 aromatic rings. The summed E-state index contributed by atoms with van der Waals surface area (Å²) >= 11 is 3.59. The molecule has 1 amide bonds. The van der Waals surface area contributed by atoms with Crippen LogP contribution >= 0.6 is 15.9 Å². The van der Waals surface area contributed by atoms with Gasteiger partial charge in [-0.25, -0.2) is 0 Å². The molecule has 6 rings (SSSR count). The number of fused-ring (bicyclic) bond motifs is 1. The second-order valence-electron chi connectivity index (χ2n) is 12.6. The number of para-hydroxylation sites is 1. The number of nitrogens with zero attached hydrogens (tertiary/aromatic N) is 1. The molecule has 6 heteroatoms. The van der Waals surface area contributed by atoms with Crippen molar-refractivity contribution < 1.29 is 9.22 Å². The smallest absolute Gasteiger partial charge is 0.261 e. The largest absolute Gasteiger partial charge is 0.407 e. The lowest BCUT2D eigenvalue weighted by Gasteiger charge is -2.43. The maximum absolute atomic E-state index is 13.7. The third-order valence-corrected chi connectivity index (χ3v) is 14.5. The first kappa shape index (κ1) is 29.5. The molecule has 1 heterocycles. The second-order valence-corrected chi connectivity index (χ2v) is 17.9. The highest BCUT2D eigenvalue weighted by Crippen LogP contribution is 2.57. The Labute approximate surface area is 263 Å². The van der Waals surface area contributed by atoms with Gasteiger partial charge in [0.15, 0.2) is 0 Å². The Bertz CT molecular complexity index is 1680. The van der Waals surface area contributed by atoms with Crippen molar-refractivity contribution in [3.8, 4) is 0 Å². The van der Waals surface area contributed by atoms with Crippen molar-refractivity contribution in [2.75, 3.05) is 11.9 Å². The molecular weight excluding hydrogens is 612 g/mol. The van der Waals surface area contributed by atoms with Crippen molar-refractivity contribution in [2.24, 2.45) is 5.92 Å². The molecule has 1 aliphatic carbocycles. The molecule has 0 aliphatic heterocycles. The summed E-state index contributed by atoms with van der Waals surface area (Å²) in [6.45, 7) is 7.51. The van der Waals surface area contributed by atoms with Crippen LogP contribution in [-0.4, -0.2) is 25.8 Å². The number of halogens is 1. The van der Waals surface area contributed by atoms with Gasteiger partial charge in [-0.1, -0.05) is 128 Å². The number of aromatic nitrogens is 1. The number of nitrogens with one attached hydrogen (secondary N) is 1. The number of amides is 1. The van der Waals surface area contributed by atoms with Crippen molar-refractivity contribution >= 4 is 57.1 Å². The summed E-state index contributed by atoms with van der Waals surface area (Å²) in [6.07, 6.45) is 3.04. The summed E-state index contributed by atoms with van der Waals surface area (Å²) in [6, 6.07) is 39.8. The van der Waals surface area contributed by atoms with Crippen LogP contribution in [0.25, 0.3) is 10.9 Å². The van der Waals surface area contributed by atoms with Crippen LogP contribution < -0.4 is 15.7 Å². The lowest BCUT2D eigenvalue weighted by Crippen LogP contribution is -2.66. The molecule has 1 aliphatic rings. The number of hydrogen-bond acceptors (Lipinski definition) is 3. The molecule has 1 aromatic heterocycles. The van der Waals surface area contributed by atoms with E-state index in [1.165, 1.54) is 15.9 Å². The van der Waals surface area contributed by atoms with Crippen LogP contribution in [0.1, 0.15) is 39.2 Å². The Balaban J connectivity index is 1.31. The van der Waals surface area contributed by atoms with E-state index in [-0.39, 0.29) is 22.3 Å². The van der Waals surface area contributed by atoms with Gasteiger partial charge in [0.05, 0.1) is 11.2 Å². The predicted molar refractivity (Wildman–Crippen MR) is 182 cm³/mol.